The van der Waals surface area contributed by atoms with Crippen LogP contribution in [0.3, 0.4) is 0 Å². The standard InChI is InChI=1S/C11H9BrN2O5/c12-8-2-1-6(3-9(8)14(18)19)10(15)13-4-7(5-13)11(16)17/h1-3,7H,4-5H2,(H,16,17). The van der Waals surface area contributed by atoms with Crippen molar-refractivity contribution in [2.75, 3.05) is 13.1 Å². The molecule has 1 aromatic carbocycles. The molecule has 1 aliphatic heterocycles. The number of carbonyl (C=O) groups is 2. The molecule has 1 N–H and O–H groups in total. The number of aliphatic carboxylic acids is 1. The van der Waals surface area contributed by atoms with E-state index >= 15 is 0 Å². The van der Waals surface area contributed by atoms with Gasteiger partial charge in [0.05, 0.1) is 15.3 Å². The van der Waals surface area contributed by atoms with Crippen LogP contribution in [0.5, 0.6) is 0 Å². The number of hydrogen-bond acceptors (Lipinski definition) is 4. The number of benzene rings is 1. The second kappa shape index (κ2) is 4.96. The van der Waals surface area contributed by atoms with Gasteiger partial charge in [-0.2, -0.15) is 0 Å². The smallest absolute Gasteiger partial charge is 0.310 e. The minimum Gasteiger partial charge on any atom is -0.481 e. The van der Waals surface area contributed by atoms with E-state index in [1.807, 2.05) is 0 Å². The van der Waals surface area contributed by atoms with Crippen LogP contribution >= 0.6 is 15.9 Å². The van der Waals surface area contributed by atoms with Crippen LogP contribution in [0.1, 0.15) is 10.4 Å². The van der Waals surface area contributed by atoms with Gasteiger partial charge in [0.2, 0.25) is 0 Å². The Balaban J connectivity index is 2.15. The molecule has 1 aromatic rings. The molecule has 0 saturated carbocycles. The molecule has 1 amide bonds. The Kier molecular flexibility index (Phi) is 3.52. The summed E-state index contributed by atoms with van der Waals surface area (Å²) in [6.07, 6.45) is 0. The van der Waals surface area contributed by atoms with Crippen LogP contribution in [0.2, 0.25) is 0 Å². The van der Waals surface area contributed by atoms with Crippen molar-refractivity contribution in [2.45, 2.75) is 0 Å². The molecular weight excluding hydrogens is 320 g/mol. The zero-order valence-corrected chi connectivity index (χ0v) is 11.2. The van der Waals surface area contributed by atoms with E-state index in [9.17, 15) is 19.7 Å². The van der Waals surface area contributed by atoms with Gasteiger partial charge >= 0.3 is 5.97 Å². The quantitative estimate of drug-likeness (QED) is 0.669. The topological polar surface area (TPSA) is 101 Å². The lowest BCUT2D eigenvalue weighted by Crippen LogP contribution is -2.53. The molecule has 19 heavy (non-hydrogen) atoms. The molecule has 1 fully saturated rings. The molecular formula is C11H9BrN2O5. The maximum absolute atomic E-state index is 12.0. The molecule has 0 unspecified atom stereocenters. The average Bonchev–Trinajstić information content (AvgIpc) is 2.26. The molecule has 100 valence electrons. The van der Waals surface area contributed by atoms with Gasteiger partial charge in [-0.3, -0.25) is 19.7 Å². The van der Waals surface area contributed by atoms with Crippen molar-refractivity contribution in [1.29, 1.82) is 0 Å². The number of hydrogen-bond donors (Lipinski definition) is 1. The summed E-state index contributed by atoms with van der Waals surface area (Å²) < 4.78 is 0.293. The van der Waals surface area contributed by atoms with E-state index in [1.165, 1.54) is 23.1 Å². The number of carboxylic acid groups (broad SMARTS) is 1. The van der Waals surface area contributed by atoms with Gasteiger partial charge in [0.1, 0.15) is 0 Å². The summed E-state index contributed by atoms with van der Waals surface area (Å²) in [6.45, 7) is 0.274. The predicted molar refractivity (Wildman–Crippen MR) is 67.8 cm³/mol. The molecule has 7 nitrogen and oxygen atoms in total. The van der Waals surface area contributed by atoms with E-state index in [2.05, 4.69) is 15.9 Å². The summed E-state index contributed by atoms with van der Waals surface area (Å²) >= 11 is 3.03. The Labute approximate surface area is 116 Å². The lowest BCUT2D eigenvalue weighted by molar-refractivity contribution is -0.385. The van der Waals surface area contributed by atoms with Crippen LogP contribution in [0.4, 0.5) is 5.69 Å². The van der Waals surface area contributed by atoms with E-state index in [4.69, 9.17) is 5.11 Å². The molecule has 1 aliphatic rings. The fourth-order valence-electron chi connectivity index (χ4n) is 1.77. The minimum absolute atomic E-state index is 0.137. The van der Waals surface area contributed by atoms with Crippen LogP contribution in [0.25, 0.3) is 0 Å². The summed E-state index contributed by atoms with van der Waals surface area (Å²) in [5, 5.41) is 19.5. The van der Waals surface area contributed by atoms with Crippen molar-refractivity contribution >= 4 is 33.5 Å². The highest BCUT2D eigenvalue weighted by atomic mass is 79.9. The molecule has 1 heterocycles. The maximum Gasteiger partial charge on any atom is 0.310 e. The number of likely N-dealkylation sites (tertiary alicyclic amines) is 1. The first-order valence-electron chi connectivity index (χ1n) is 5.36. The number of nitro groups is 1. The summed E-state index contributed by atoms with van der Waals surface area (Å²) in [5.74, 6) is -1.88. The van der Waals surface area contributed by atoms with Gasteiger partial charge in [-0.05, 0) is 28.1 Å². The van der Waals surface area contributed by atoms with Crippen LogP contribution < -0.4 is 0 Å². The highest BCUT2D eigenvalue weighted by molar-refractivity contribution is 9.10. The van der Waals surface area contributed by atoms with Crippen LogP contribution in [0, 0.1) is 16.0 Å². The highest BCUT2D eigenvalue weighted by Crippen LogP contribution is 2.27. The third-order valence-electron chi connectivity index (χ3n) is 2.91. The Morgan fingerprint density at radius 1 is 1.42 bits per heavy atom. The first-order chi connectivity index (χ1) is 8.90. The molecule has 2 rings (SSSR count). The fourth-order valence-corrected chi connectivity index (χ4v) is 2.16. The normalized spacial score (nSPS) is 14.9. The third kappa shape index (κ3) is 2.58. The minimum atomic E-state index is -0.939. The van der Waals surface area contributed by atoms with Gasteiger partial charge in [0.25, 0.3) is 11.6 Å². The second-order valence-corrected chi connectivity index (χ2v) is 5.02. The highest BCUT2D eigenvalue weighted by Gasteiger charge is 2.36. The van der Waals surface area contributed by atoms with Gasteiger partial charge in [0.15, 0.2) is 0 Å². The van der Waals surface area contributed by atoms with Gasteiger partial charge < -0.3 is 10.0 Å². The van der Waals surface area contributed by atoms with Crippen molar-refractivity contribution in [3.05, 3.63) is 38.3 Å². The number of carbonyl (C=O) groups excluding carboxylic acids is 1. The molecule has 8 heteroatoms. The fraction of sp³-hybridized carbons (Fsp3) is 0.273. The van der Waals surface area contributed by atoms with Gasteiger partial charge in [-0.15, -0.1) is 0 Å². The number of halogens is 1. The number of nitro benzene ring substituents is 1. The Morgan fingerprint density at radius 3 is 2.58 bits per heavy atom. The van der Waals surface area contributed by atoms with Crippen LogP contribution in [-0.2, 0) is 4.79 Å². The Bertz CT molecular complexity index is 568. The SMILES string of the molecule is O=C(O)C1CN(C(=O)c2ccc(Br)c([N+](=O)[O-])c2)C1. The maximum atomic E-state index is 12.0. The largest absolute Gasteiger partial charge is 0.481 e. The van der Waals surface area contributed by atoms with Crippen molar-refractivity contribution in [2.24, 2.45) is 5.92 Å². The summed E-state index contributed by atoms with van der Waals surface area (Å²) in [4.78, 5) is 34.1. The molecule has 0 atom stereocenters. The summed E-state index contributed by atoms with van der Waals surface area (Å²) in [7, 11) is 0. The summed E-state index contributed by atoms with van der Waals surface area (Å²) in [5.41, 5.74) is -0.0140. The van der Waals surface area contributed by atoms with Crippen molar-refractivity contribution in [1.82, 2.24) is 4.90 Å². The monoisotopic (exact) mass is 328 g/mol. The van der Waals surface area contributed by atoms with Gasteiger partial charge in [-0.25, -0.2) is 0 Å². The van der Waals surface area contributed by atoms with E-state index in [1.54, 1.807) is 0 Å². The first kappa shape index (κ1) is 13.5. The lowest BCUT2D eigenvalue weighted by Gasteiger charge is -2.36. The van der Waals surface area contributed by atoms with Crippen molar-refractivity contribution in [3.63, 3.8) is 0 Å². The number of carboxylic acids is 1. The summed E-state index contributed by atoms with van der Waals surface area (Å²) in [6, 6.07) is 4.08. The van der Waals surface area contributed by atoms with E-state index in [0.29, 0.717) is 4.47 Å². The predicted octanol–water partition coefficient (Wildman–Crippen LogP) is 1.51. The molecule has 0 aromatic heterocycles. The van der Waals surface area contributed by atoms with Crippen molar-refractivity contribution in [3.8, 4) is 0 Å². The number of amides is 1. The van der Waals surface area contributed by atoms with Crippen molar-refractivity contribution < 1.29 is 19.6 Å². The lowest BCUT2D eigenvalue weighted by atomic mass is 9.99. The third-order valence-corrected chi connectivity index (χ3v) is 3.58. The molecule has 0 spiro atoms. The zero-order valence-electron chi connectivity index (χ0n) is 9.58. The van der Waals surface area contributed by atoms with E-state index in [-0.39, 0.29) is 24.3 Å². The van der Waals surface area contributed by atoms with Gasteiger partial charge in [0, 0.05) is 24.7 Å². The second-order valence-electron chi connectivity index (χ2n) is 4.17. The molecule has 1 saturated heterocycles. The molecule has 0 radical (unpaired) electrons. The first-order valence-corrected chi connectivity index (χ1v) is 6.15. The average molecular weight is 329 g/mol. The Morgan fingerprint density at radius 2 is 2.05 bits per heavy atom. The number of rotatable bonds is 3. The van der Waals surface area contributed by atoms with Gasteiger partial charge in [-0.1, -0.05) is 0 Å². The molecule has 0 aliphatic carbocycles. The zero-order chi connectivity index (χ0) is 14.2. The van der Waals surface area contributed by atoms with Crippen LogP contribution in [0.15, 0.2) is 22.7 Å². The molecule has 0 bridgehead atoms. The van der Waals surface area contributed by atoms with Crippen LogP contribution in [-0.4, -0.2) is 39.9 Å². The number of nitrogens with zero attached hydrogens (tertiary/aromatic N) is 2. The van der Waals surface area contributed by atoms with E-state index in [0.717, 1.165) is 0 Å². The van der Waals surface area contributed by atoms with E-state index < -0.39 is 22.7 Å². The Hall–Kier alpha value is -1.96.